The fourth-order valence-electron chi connectivity index (χ4n) is 3.07. The lowest BCUT2D eigenvalue weighted by Gasteiger charge is -2.17. The standard InChI is InChI=1S/C23H28ClNO2S/c1-23(2,3)21(26)14-27-18-7-4-16(5-8-18)15-28-22-19-11-13-25-12-10-17(19)6-9-20(22)24/h4-9,25H,10-15H2,1-3H3. The van der Waals surface area contributed by atoms with Gasteiger partial charge in [-0.1, -0.05) is 50.6 Å². The van der Waals surface area contributed by atoms with Crippen LogP contribution < -0.4 is 10.1 Å². The summed E-state index contributed by atoms with van der Waals surface area (Å²) < 4.78 is 5.64. The van der Waals surface area contributed by atoms with E-state index in [1.807, 2.05) is 39.0 Å². The van der Waals surface area contributed by atoms with Gasteiger partial charge in [0.25, 0.3) is 0 Å². The van der Waals surface area contributed by atoms with Crippen LogP contribution in [-0.4, -0.2) is 25.5 Å². The van der Waals surface area contributed by atoms with Crippen LogP contribution in [-0.2, 0) is 23.4 Å². The zero-order chi connectivity index (χ0) is 20.1. The Morgan fingerprint density at radius 2 is 1.82 bits per heavy atom. The molecule has 28 heavy (non-hydrogen) atoms. The maximum Gasteiger partial charge on any atom is 0.175 e. The number of thioether (sulfide) groups is 1. The number of carbonyl (C=O) groups excluding carboxylic acids is 1. The van der Waals surface area contributed by atoms with Gasteiger partial charge in [-0.2, -0.15) is 0 Å². The smallest absolute Gasteiger partial charge is 0.175 e. The minimum absolute atomic E-state index is 0.0982. The van der Waals surface area contributed by atoms with Crippen LogP contribution in [0.2, 0.25) is 5.02 Å². The first-order chi connectivity index (χ1) is 13.3. The minimum Gasteiger partial charge on any atom is -0.486 e. The molecule has 0 amide bonds. The number of ketones is 1. The lowest BCUT2D eigenvalue weighted by Crippen LogP contribution is -2.26. The van der Waals surface area contributed by atoms with E-state index in [1.54, 1.807) is 11.8 Å². The Morgan fingerprint density at radius 1 is 1.11 bits per heavy atom. The predicted octanol–water partition coefficient (Wildman–Crippen LogP) is 5.31. The molecule has 0 atom stereocenters. The molecule has 150 valence electrons. The van der Waals surface area contributed by atoms with Crippen LogP contribution in [0.4, 0.5) is 0 Å². The average molecular weight is 418 g/mol. The molecule has 3 nitrogen and oxygen atoms in total. The summed E-state index contributed by atoms with van der Waals surface area (Å²) >= 11 is 8.32. The summed E-state index contributed by atoms with van der Waals surface area (Å²) in [5.41, 5.74) is 3.63. The molecule has 2 aromatic rings. The van der Waals surface area contributed by atoms with E-state index in [2.05, 4.69) is 23.5 Å². The fourth-order valence-corrected chi connectivity index (χ4v) is 4.53. The molecule has 1 aliphatic rings. The molecule has 0 unspecified atom stereocenters. The quantitative estimate of drug-likeness (QED) is 0.646. The number of benzene rings is 2. The van der Waals surface area contributed by atoms with E-state index in [1.165, 1.54) is 21.6 Å². The van der Waals surface area contributed by atoms with Crippen LogP contribution in [0.15, 0.2) is 41.3 Å². The van der Waals surface area contributed by atoms with Crippen molar-refractivity contribution in [2.24, 2.45) is 5.41 Å². The van der Waals surface area contributed by atoms with Crippen LogP contribution in [0.1, 0.15) is 37.5 Å². The Bertz CT molecular complexity index is 828. The van der Waals surface area contributed by atoms with E-state index in [0.29, 0.717) is 0 Å². The molecule has 2 aromatic carbocycles. The zero-order valence-corrected chi connectivity index (χ0v) is 18.4. The summed E-state index contributed by atoms with van der Waals surface area (Å²) in [6.45, 7) is 7.86. The molecule has 0 aromatic heterocycles. The second-order valence-corrected chi connectivity index (χ2v) is 9.55. The Morgan fingerprint density at radius 3 is 2.54 bits per heavy atom. The molecule has 0 bridgehead atoms. The second kappa shape index (κ2) is 9.34. The number of carbonyl (C=O) groups is 1. The zero-order valence-electron chi connectivity index (χ0n) is 16.8. The van der Waals surface area contributed by atoms with Crippen molar-refractivity contribution >= 4 is 29.1 Å². The normalized spacial score (nSPS) is 14.3. The first kappa shape index (κ1) is 21.2. The third-order valence-corrected chi connectivity index (χ3v) is 6.61. The second-order valence-electron chi connectivity index (χ2n) is 8.16. The molecular weight excluding hydrogens is 390 g/mol. The minimum atomic E-state index is -0.376. The molecule has 1 heterocycles. The Kier molecular flexibility index (Phi) is 7.08. The van der Waals surface area contributed by atoms with E-state index >= 15 is 0 Å². The van der Waals surface area contributed by atoms with Crippen LogP contribution in [0.25, 0.3) is 0 Å². The number of rotatable bonds is 6. The van der Waals surface area contributed by atoms with Crippen LogP contribution in [0.3, 0.4) is 0 Å². The van der Waals surface area contributed by atoms with Crippen molar-refractivity contribution in [2.75, 3.05) is 19.7 Å². The lowest BCUT2D eigenvalue weighted by molar-refractivity contribution is -0.128. The highest BCUT2D eigenvalue weighted by molar-refractivity contribution is 7.98. The number of nitrogens with one attached hydrogen (secondary N) is 1. The predicted molar refractivity (Wildman–Crippen MR) is 118 cm³/mol. The van der Waals surface area contributed by atoms with Gasteiger partial charge < -0.3 is 10.1 Å². The molecule has 1 N–H and O–H groups in total. The van der Waals surface area contributed by atoms with Crippen molar-refractivity contribution in [2.45, 2.75) is 44.3 Å². The summed E-state index contributed by atoms with van der Waals surface area (Å²) in [6.07, 6.45) is 2.08. The van der Waals surface area contributed by atoms with Crippen molar-refractivity contribution in [1.82, 2.24) is 5.32 Å². The Balaban J connectivity index is 1.62. The molecule has 0 spiro atoms. The van der Waals surface area contributed by atoms with E-state index in [0.717, 1.165) is 42.5 Å². The highest BCUT2D eigenvalue weighted by atomic mass is 35.5. The number of hydrogen-bond donors (Lipinski definition) is 1. The van der Waals surface area contributed by atoms with E-state index in [9.17, 15) is 4.79 Å². The summed E-state index contributed by atoms with van der Waals surface area (Å²) in [4.78, 5) is 13.2. The fraction of sp³-hybridized carbons (Fsp3) is 0.435. The van der Waals surface area contributed by atoms with E-state index < -0.39 is 0 Å². The maximum absolute atomic E-state index is 12.0. The van der Waals surface area contributed by atoms with Crippen LogP contribution in [0, 0.1) is 5.41 Å². The Labute approximate surface area is 177 Å². The Hall–Kier alpha value is -1.49. The molecule has 0 aliphatic carbocycles. The molecule has 5 heteroatoms. The molecule has 0 radical (unpaired) electrons. The summed E-state index contributed by atoms with van der Waals surface area (Å²) in [5, 5.41) is 4.30. The van der Waals surface area contributed by atoms with Crippen molar-refractivity contribution in [3.63, 3.8) is 0 Å². The van der Waals surface area contributed by atoms with Crippen molar-refractivity contribution < 1.29 is 9.53 Å². The SMILES string of the molecule is CC(C)(C)C(=O)COc1ccc(CSc2c(Cl)ccc3c2CCNCC3)cc1. The number of hydrogen-bond acceptors (Lipinski definition) is 4. The van der Waals surface area contributed by atoms with Gasteiger partial charge in [0.05, 0.1) is 5.02 Å². The molecule has 1 aliphatic heterocycles. The maximum atomic E-state index is 12.0. The van der Waals surface area contributed by atoms with Crippen molar-refractivity contribution in [1.29, 1.82) is 0 Å². The molecule has 3 rings (SSSR count). The molecule has 0 fully saturated rings. The van der Waals surface area contributed by atoms with Gasteiger partial charge in [0.2, 0.25) is 0 Å². The third kappa shape index (κ3) is 5.53. The van der Waals surface area contributed by atoms with E-state index in [-0.39, 0.29) is 17.8 Å². The van der Waals surface area contributed by atoms with Gasteiger partial charge in [-0.15, -0.1) is 11.8 Å². The third-order valence-electron chi connectivity index (χ3n) is 4.95. The van der Waals surface area contributed by atoms with Crippen molar-refractivity contribution in [3.8, 4) is 5.75 Å². The van der Waals surface area contributed by atoms with Gasteiger partial charge >= 0.3 is 0 Å². The topological polar surface area (TPSA) is 38.3 Å². The van der Waals surface area contributed by atoms with Gasteiger partial charge in [0.15, 0.2) is 5.78 Å². The first-order valence-electron chi connectivity index (χ1n) is 9.73. The monoisotopic (exact) mass is 417 g/mol. The summed E-state index contributed by atoms with van der Waals surface area (Å²) in [7, 11) is 0. The van der Waals surface area contributed by atoms with E-state index in [4.69, 9.17) is 16.3 Å². The number of fused-ring (bicyclic) bond motifs is 1. The average Bonchev–Trinajstić information content (AvgIpc) is 2.91. The highest BCUT2D eigenvalue weighted by Gasteiger charge is 2.21. The summed E-state index contributed by atoms with van der Waals surface area (Å²) in [6, 6.07) is 12.2. The number of Topliss-reactive ketones (excluding diaryl/α,β-unsaturated/α-hetero) is 1. The van der Waals surface area contributed by atoms with Crippen LogP contribution in [0.5, 0.6) is 5.75 Å². The number of halogens is 1. The largest absolute Gasteiger partial charge is 0.486 e. The number of ether oxygens (including phenoxy) is 1. The van der Waals surface area contributed by atoms with Crippen molar-refractivity contribution in [3.05, 3.63) is 58.1 Å². The van der Waals surface area contributed by atoms with Gasteiger partial charge in [0, 0.05) is 16.1 Å². The highest BCUT2D eigenvalue weighted by Crippen LogP contribution is 2.36. The summed E-state index contributed by atoms with van der Waals surface area (Å²) in [5.74, 6) is 1.68. The lowest BCUT2D eigenvalue weighted by atomic mass is 9.91. The van der Waals surface area contributed by atoms with Crippen LogP contribution >= 0.6 is 23.4 Å². The molecular formula is C23H28ClNO2S. The molecule has 0 saturated heterocycles. The molecule has 0 saturated carbocycles. The van der Waals surface area contributed by atoms with Gasteiger partial charge in [-0.3, -0.25) is 4.79 Å². The van der Waals surface area contributed by atoms with Gasteiger partial charge in [-0.25, -0.2) is 0 Å². The van der Waals surface area contributed by atoms with Gasteiger partial charge in [-0.05, 0) is 60.8 Å². The first-order valence-corrected chi connectivity index (χ1v) is 11.1. The van der Waals surface area contributed by atoms with Gasteiger partial charge in [0.1, 0.15) is 12.4 Å².